The Labute approximate surface area is 197 Å². The van der Waals surface area contributed by atoms with Crippen LogP contribution in [0.2, 0.25) is 0 Å². The Kier molecular flexibility index (Phi) is 6.12. The van der Waals surface area contributed by atoms with Crippen molar-refractivity contribution in [2.45, 2.75) is 13.0 Å². The molecule has 1 aliphatic heterocycles. The van der Waals surface area contributed by atoms with E-state index in [0.29, 0.717) is 28.2 Å². The minimum absolute atomic E-state index is 0.0213. The number of nitro benzene ring substituents is 1. The number of aryl methyl sites for hydroxylation is 1. The molecule has 0 radical (unpaired) electrons. The summed E-state index contributed by atoms with van der Waals surface area (Å²) in [5, 5.41) is 21.0. The molecule has 1 fully saturated rings. The first-order chi connectivity index (χ1) is 15.8. The second kappa shape index (κ2) is 9.00. The third-order valence-electron chi connectivity index (χ3n) is 5.02. The van der Waals surface area contributed by atoms with Crippen LogP contribution in [-0.2, 0) is 9.59 Å². The second-order valence-corrected chi connectivity index (χ2v) is 8.84. The highest BCUT2D eigenvalue weighted by molar-refractivity contribution is 8.26. The van der Waals surface area contributed by atoms with Gasteiger partial charge in [0.2, 0.25) is 0 Å². The van der Waals surface area contributed by atoms with Crippen LogP contribution in [0.5, 0.6) is 0 Å². The first-order valence-corrected chi connectivity index (χ1v) is 10.9. The first-order valence-electron chi connectivity index (χ1n) is 9.66. The quantitative estimate of drug-likeness (QED) is 0.222. The van der Waals surface area contributed by atoms with Crippen LogP contribution in [0.1, 0.15) is 22.9 Å². The van der Waals surface area contributed by atoms with Crippen LogP contribution in [0.25, 0.3) is 17.4 Å². The Bertz CT molecular complexity index is 1320. The zero-order valence-corrected chi connectivity index (χ0v) is 18.8. The molecule has 1 atom stereocenters. The van der Waals surface area contributed by atoms with E-state index in [1.54, 1.807) is 61.5 Å². The number of aliphatic carboxylic acids is 1. The van der Waals surface area contributed by atoms with Crippen molar-refractivity contribution in [3.05, 3.63) is 92.6 Å². The summed E-state index contributed by atoms with van der Waals surface area (Å²) in [6.07, 6.45) is 1.48. The summed E-state index contributed by atoms with van der Waals surface area (Å²) in [6, 6.07) is 15.2. The molecule has 1 amide bonds. The molecule has 2 aromatic carbocycles. The fourth-order valence-corrected chi connectivity index (χ4v) is 4.71. The normalized spacial score (nSPS) is 15.8. The number of thioether (sulfide) groups is 1. The number of nitrogens with zero attached hydrogens (tertiary/aromatic N) is 2. The van der Waals surface area contributed by atoms with E-state index in [4.69, 9.17) is 16.6 Å². The van der Waals surface area contributed by atoms with Gasteiger partial charge in [-0.15, -0.1) is 0 Å². The summed E-state index contributed by atoms with van der Waals surface area (Å²) >= 11 is 6.30. The number of thiocarbonyl (C=S) groups is 1. The van der Waals surface area contributed by atoms with Gasteiger partial charge in [-0.2, -0.15) is 0 Å². The number of nitro groups is 1. The van der Waals surface area contributed by atoms with E-state index in [2.05, 4.69) is 0 Å². The van der Waals surface area contributed by atoms with Crippen molar-refractivity contribution in [2.75, 3.05) is 0 Å². The SMILES string of the molecule is Cc1ccc(-c2ccc(/C=C3/SC(=S)N([C@@H](C(=O)O)c4ccccc4)C3=O)o2)cc1[N+](=O)[O-]. The lowest BCUT2D eigenvalue weighted by molar-refractivity contribution is -0.385. The van der Waals surface area contributed by atoms with Crippen LogP contribution in [0.4, 0.5) is 5.69 Å². The fourth-order valence-electron chi connectivity index (χ4n) is 3.41. The molecule has 1 N–H and O–H groups in total. The molecule has 1 saturated heterocycles. The molecule has 0 saturated carbocycles. The average molecular weight is 481 g/mol. The molecule has 0 aliphatic carbocycles. The zero-order valence-electron chi connectivity index (χ0n) is 17.1. The second-order valence-electron chi connectivity index (χ2n) is 7.16. The standard InChI is InChI=1S/C23H16N2O6S2/c1-13-7-8-15(11-17(13)25(29)30)18-10-9-16(31-18)12-19-21(26)24(23(32)33-19)20(22(27)28)14-5-3-2-4-6-14/h2-12,20H,1H3,(H,27,28)/b19-12+/t20-/m1/s1. The molecular formula is C23H16N2O6S2. The van der Waals surface area contributed by atoms with Gasteiger partial charge in [0.1, 0.15) is 15.8 Å². The van der Waals surface area contributed by atoms with Gasteiger partial charge in [-0.1, -0.05) is 66.4 Å². The summed E-state index contributed by atoms with van der Waals surface area (Å²) in [5.41, 5.74) is 1.47. The van der Waals surface area contributed by atoms with Gasteiger partial charge in [0.25, 0.3) is 11.6 Å². The van der Waals surface area contributed by atoms with Gasteiger partial charge in [0.05, 0.1) is 9.83 Å². The number of benzene rings is 2. The van der Waals surface area contributed by atoms with Crippen molar-refractivity contribution in [1.82, 2.24) is 4.90 Å². The average Bonchev–Trinajstić information content (AvgIpc) is 3.35. The maximum absolute atomic E-state index is 13.0. The number of carbonyl (C=O) groups is 2. The van der Waals surface area contributed by atoms with E-state index < -0.39 is 22.8 Å². The molecule has 0 unspecified atom stereocenters. The van der Waals surface area contributed by atoms with Gasteiger partial charge in [-0.25, -0.2) is 4.79 Å². The Morgan fingerprint density at radius 3 is 2.61 bits per heavy atom. The number of furan rings is 1. The van der Waals surface area contributed by atoms with E-state index in [-0.39, 0.29) is 14.9 Å². The molecule has 0 spiro atoms. The first kappa shape index (κ1) is 22.4. The number of carbonyl (C=O) groups excluding carboxylic acids is 1. The molecule has 2 heterocycles. The maximum Gasteiger partial charge on any atom is 0.331 e. The minimum atomic E-state index is -1.25. The summed E-state index contributed by atoms with van der Waals surface area (Å²) in [5.74, 6) is -1.00. The van der Waals surface area contributed by atoms with Crippen LogP contribution >= 0.6 is 24.0 Å². The van der Waals surface area contributed by atoms with Crippen molar-refractivity contribution in [3.8, 4) is 11.3 Å². The molecule has 1 aromatic heterocycles. The lowest BCUT2D eigenvalue weighted by Gasteiger charge is -2.23. The van der Waals surface area contributed by atoms with E-state index >= 15 is 0 Å². The molecule has 10 heteroatoms. The van der Waals surface area contributed by atoms with Crippen LogP contribution in [0.15, 0.2) is 70.0 Å². The third kappa shape index (κ3) is 4.43. The predicted octanol–water partition coefficient (Wildman–Crippen LogP) is 5.19. The van der Waals surface area contributed by atoms with Crippen molar-refractivity contribution in [3.63, 3.8) is 0 Å². The Morgan fingerprint density at radius 1 is 1.21 bits per heavy atom. The van der Waals surface area contributed by atoms with Gasteiger partial charge in [0, 0.05) is 23.3 Å². The van der Waals surface area contributed by atoms with Gasteiger partial charge in [0.15, 0.2) is 6.04 Å². The van der Waals surface area contributed by atoms with E-state index in [1.165, 1.54) is 12.1 Å². The topological polar surface area (TPSA) is 114 Å². The summed E-state index contributed by atoms with van der Waals surface area (Å²) in [7, 11) is 0. The molecule has 8 nitrogen and oxygen atoms in total. The predicted molar refractivity (Wildman–Crippen MR) is 127 cm³/mol. The van der Waals surface area contributed by atoms with Crippen molar-refractivity contribution < 1.29 is 24.0 Å². The van der Waals surface area contributed by atoms with Crippen molar-refractivity contribution in [1.29, 1.82) is 0 Å². The minimum Gasteiger partial charge on any atom is -0.479 e. The molecule has 33 heavy (non-hydrogen) atoms. The Morgan fingerprint density at radius 2 is 1.94 bits per heavy atom. The summed E-state index contributed by atoms with van der Waals surface area (Å²) in [4.78, 5) is 37.0. The molecule has 166 valence electrons. The number of carboxylic acid groups (broad SMARTS) is 1. The lowest BCUT2D eigenvalue weighted by atomic mass is 10.1. The van der Waals surface area contributed by atoms with Gasteiger partial charge in [-0.3, -0.25) is 19.8 Å². The number of amides is 1. The highest BCUT2D eigenvalue weighted by Crippen LogP contribution is 2.39. The smallest absolute Gasteiger partial charge is 0.331 e. The Hall–Kier alpha value is -3.76. The summed E-state index contributed by atoms with van der Waals surface area (Å²) in [6.45, 7) is 1.65. The van der Waals surface area contributed by atoms with Crippen molar-refractivity contribution >= 4 is 51.9 Å². The Balaban J connectivity index is 1.63. The van der Waals surface area contributed by atoms with Gasteiger partial charge < -0.3 is 9.52 Å². The molecule has 3 aromatic rings. The van der Waals surface area contributed by atoms with E-state index in [9.17, 15) is 24.8 Å². The maximum atomic E-state index is 13.0. The lowest BCUT2D eigenvalue weighted by Crippen LogP contribution is -2.37. The van der Waals surface area contributed by atoms with E-state index in [0.717, 1.165) is 16.7 Å². The van der Waals surface area contributed by atoms with E-state index in [1.807, 2.05) is 0 Å². The summed E-state index contributed by atoms with van der Waals surface area (Å²) < 4.78 is 5.90. The van der Waals surface area contributed by atoms with Gasteiger partial charge >= 0.3 is 5.97 Å². The highest BCUT2D eigenvalue weighted by atomic mass is 32.2. The number of carboxylic acids is 1. The van der Waals surface area contributed by atoms with Crippen molar-refractivity contribution in [2.24, 2.45) is 0 Å². The highest BCUT2D eigenvalue weighted by Gasteiger charge is 2.41. The number of hydrogen-bond donors (Lipinski definition) is 1. The number of rotatable bonds is 6. The van der Waals surface area contributed by atoms with Crippen LogP contribution in [0, 0.1) is 17.0 Å². The molecule has 0 bridgehead atoms. The molecule has 4 rings (SSSR count). The molecular weight excluding hydrogens is 464 g/mol. The molecule has 1 aliphatic rings. The fraction of sp³-hybridized carbons (Fsp3) is 0.0870. The zero-order chi connectivity index (χ0) is 23.7. The van der Waals surface area contributed by atoms with Crippen LogP contribution < -0.4 is 0 Å². The van der Waals surface area contributed by atoms with Crippen LogP contribution in [0.3, 0.4) is 0 Å². The third-order valence-corrected chi connectivity index (χ3v) is 6.35. The largest absolute Gasteiger partial charge is 0.479 e. The number of hydrogen-bond acceptors (Lipinski definition) is 7. The monoisotopic (exact) mass is 480 g/mol. The van der Waals surface area contributed by atoms with Gasteiger partial charge in [-0.05, 0) is 24.6 Å². The van der Waals surface area contributed by atoms with Crippen LogP contribution in [-0.4, -0.2) is 31.1 Å².